The molecule has 0 unspecified atom stereocenters. The summed E-state index contributed by atoms with van der Waals surface area (Å²) in [5, 5.41) is 8.49. The number of aryl methyl sites for hydroxylation is 1. The van der Waals surface area contributed by atoms with Gasteiger partial charge < -0.3 is 4.90 Å². The minimum absolute atomic E-state index is 0.508. The van der Waals surface area contributed by atoms with Crippen LogP contribution in [-0.2, 0) is 0 Å². The van der Waals surface area contributed by atoms with Crippen molar-refractivity contribution in [3.05, 3.63) is 34.3 Å². The first-order valence-electron chi connectivity index (χ1n) is 4.05. The van der Waals surface area contributed by atoms with E-state index in [4.69, 9.17) is 17.0 Å². The predicted octanol–water partition coefficient (Wildman–Crippen LogP) is 2.54. The van der Waals surface area contributed by atoms with Crippen LogP contribution in [0, 0.1) is 12.3 Å². The summed E-state index contributed by atoms with van der Waals surface area (Å²) >= 11 is 5.82. The molecule has 0 fully saturated rings. The molecule has 0 aliphatic rings. The summed E-state index contributed by atoms with van der Waals surface area (Å²) in [6, 6.07) is 5.55. The molecule has 0 bridgehead atoms. The molecule has 0 aromatic heterocycles. The Morgan fingerprint density at radius 2 is 2.00 bits per heavy atom. The zero-order chi connectivity index (χ0) is 10.0. The second-order valence-corrected chi connectivity index (χ2v) is 3.64. The van der Waals surface area contributed by atoms with Crippen LogP contribution in [0.2, 0.25) is 5.02 Å². The molecule has 1 aromatic rings. The van der Waals surface area contributed by atoms with Gasteiger partial charge in [-0.2, -0.15) is 0 Å². The van der Waals surface area contributed by atoms with Gasteiger partial charge in [-0.1, -0.05) is 11.6 Å². The van der Waals surface area contributed by atoms with Crippen molar-refractivity contribution in [3.8, 4) is 0 Å². The van der Waals surface area contributed by atoms with Crippen LogP contribution in [0.25, 0.3) is 0 Å². The van der Waals surface area contributed by atoms with Crippen LogP contribution in [0.1, 0.15) is 11.1 Å². The lowest BCUT2D eigenvalue weighted by molar-refractivity contribution is 0.618. The Balaban J connectivity index is 3.09. The van der Waals surface area contributed by atoms with Crippen LogP contribution in [0.15, 0.2) is 18.2 Å². The molecule has 0 aliphatic carbocycles. The van der Waals surface area contributed by atoms with Gasteiger partial charge in [-0.05, 0) is 30.7 Å². The Morgan fingerprint density at radius 3 is 2.46 bits per heavy atom. The molecular formula is C10H13ClN2. The van der Waals surface area contributed by atoms with Gasteiger partial charge in [-0.15, -0.1) is 0 Å². The minimum atomic E-state index is 0.508. The number of hydrogen-bond acceptors (Lipinski definition) is 1. The molecule has 1 N–H and O–H groups in total. The van der Waals surface area contributed by atoms with Crippen molar-refractivity contribution in [2.24, 2.45) is 0 Å². The van der Waals surface area contributed by atoms with E-state index in [1.807, 2.05) is 39.2 Å². The van der Waals surface area contributed by atoms with Gasteiger partial charge in [0.25, 0.3) is 0 Å². The number of halogens is 1. The molecule has 0 heterocycles. The number of nitrogens with zero attached hydrogens (tertiary/aromatic N) is 1. The lowest BCUT2D eigenvalue weighted by Crippen LogP contribution is -2.22. The number of benzene rings is 1. The van der Waals surface area contributed by atoms with Gasteiger partial charge in [-0.3, -0.25) is 5.41 Å². The summed E-state index contributed by atoms with van der Waals surface area (Å²) in [5.41, 5.74) is 1.96. The molecular weight excluding hydrogens is 184 g/mol. The van der Waals surface area contributed by atoms with E-state index in [9.17, 15) is 0 Å². The van der Waals surface area contributed by atoms with Gasteiger partial charge in [0.1, 0.15) is 5.84 Å². The summed E-state index contributed by atoms with van der Waals surface area (Å²) in [4.78, 5) is 1.77. The van der Waals surface area contributed by atoms with Gasteiger partial charge in [0.2, 0.25) is 0 Å². The SMILES string of the molecule is Cc1cc(Cl)ccc1C(=N)N(C)C. The number of nitrogens with one attached hydrogen (secondary N) is 1. The summed E-state index contributed by atoms with van der Waals surface area (Å²) in [6.45, 7) is 1.96. The van der Waals surface area contributed by atoms with Gasteiger partial charge in [0, 0.05) is 24.7 Å². The fraction of sp³-hybridized carbons (Fsp3) is 0.300. The molecule has 13 heavy (non-hydrogen) atoms. The molecule has 1 aromatic carbocycles. The Bertz CT molecular complexity index is 332. The molecule has 0 amide bonds. The molecule has 2 nitrogen and oxygen atoms in total. The van der Waals surface area contributed by atoms with Gasteiger partial charge in [0.15, 0.2) is 0 Å². The third kappa shape index (κ3) is 2.22. The molecule has 0 spiro atoms. The van der Waals surface area contributed by atoms with E-state index in [2.05, 4.69) is 0 Å². The maximum atomic E-state index is 7.78. The molecule has 3 heteroatoms. The quantitative estimate of drug-likeness (QED) is 0.543. The Kier molecular flexibility index (Phi) is 2.94. The predicted molar refractivity (Wildman–Crippen MR) is 56.7 cm³/mol. The molecule has 0 atom stereocenters. The van der Waals surface area contributed by atoms with Crippen molar-refractivity contribution >= 4 is 17.4 Å². The monoisotopic (exact) mass is 196 g/mol. The van der Waals surface area contributed by atoms with E-state index in [1.165, 1.54) is 0 Å². The summed E-state index contributed by atoms with van der Waals surface area (Å²) < 4.78 is 0. The van der Waals surface area contributed by atoms with Crippen molar-refractivity contribution in [2.75, 3.05) is 14.1 Å². The van der Waals surface area contributed by atoms with Gasteiger partial charge in [-0.25, -0.2) is 0 Å². The maximum Gasteiger partial charge on any atom is 0.127 e. The van der Waals surface area contributed by atoms with Crippen LogP contribution in [0.4, 0.5) is 0 Å². The third-order valence-electron chi connectivity index (χ3n) is 1.89. The summed E-state index contributed by atoms with van der Waals surface area (Å²) in [6.07, 6.45) is 0. The first-order chi connectivity index (χ1) is 6.02. The topological polar surface area (TPSA) is 27.1 Å². The molecule has 0 radical (unpaired) electrons. The highest BCUT2D eigenvalue weighted by Gasteiger charge is 2.06. The summed E-state index contributed by atoms with van der Waals surface area (Å²) in [5.74, 6) is 0.508. The second-order valence-electron chi connectivity index (χ2n) is 3.20. The Morgan fingerprint density at radius 1 is 1.38 bits per heavy atom. The lowest BCUT2D eigenvalue weighted by Gasteiger charge is -2.15. The number of rotatable bonds is 1. The summed E-state index contributed by atoms with van der Waals surface area (Å²) in [7, 11) is 3.72. The van der Waals surface area contributed by atoms with Crippen LogP contribution in [-0.4, -0.2) is 24.8 Å². The normalized spacial score (nSPS) is 9.85. The fourth-order valence-electron chi connectivity index (χ4n) is 1.13. The Hall–Kier alpha value is -1.02. The highest BCUT2D eigenvalue weighted by Crippen LogP contribution is 2.15. The standard InChI is InChI=1S/C10H13ClN2/c1-7-6-8(11)4-5-9(7)10(12)13(2)3/h4-6,12H,1-3H3. The average Bonchev–Trinajstić information content (AvgIpc) is 2.03. The van der Waals surface area contributed by atoms with Crippen molar-refractivity contribution < 1.29 is 0 Å². The van der Waals surface area contributed by atoms with Crippen molar-refractivity contribution in [1.29, 1.82) is 5.41 Å². The van der Waals surface area contributed by atoms with E-state index in [0.29, 0.717) is 10.9 Å². The third-order valence-corrected chi connectivity index (χ3v) is 2.13. The molecule has 0 saturated carbocycles. The largest absolute Gasteiger partial charge is 0.363 e. The van der Waals surface area contributed by atoms with E-state index in [1.54, 1.807) is 4.90 Å². The number of hydrogen-bond donors (Lipinski definition) is 1. The van der Waals surface area contributed by atoms with E-state index in [-0.39, 0.29) is 0 Å². The molecule has 0 saturated heterocycles. The van der Waals surface area contributed by atoms with Crippen LogP contribution >= 0.6 is 11.6 Å². The molecule has 1 rings (SSSR count). The van der Waals surface area contributed by atoms with Crippen molar-refractivity contribution in [3.63, 3.8) is 0 Å². The highest BCUT2D eigenvalue weighted by molar-refractivity contribution is 6.30. The zero-order valence-corrected chi connectivity index (χ0v) is 8.81. The van der Waals surface area contributed by atoms with E-state index in [0.717, 1.165) is 11.1 Å². The second kappa shape index (κ2) is 3.79. The Labute approximate surface area is 83.6 Å². The van der Waals surface area contributed by atoms with E-state index < -0.39 is 0 Å². The number of amidine groups is 1. The molecule has 70 valence electrons. The van der Waals surface area contributed by atoms with Crippen molar-refractivity contribution in [2.45, 2.75) is 6.92 Å². The average molecular weight is 197 g/mol. The van der Waals surface area contributed by atoms with Gasteiger partial charge >= 0.3 is 0 Å². The minimum Gasteiger partial charge on any atom is -0.363 e. The van der Waals surface area contributed by atoms with Crippen LogP contribution in [0.5, 0.6) is 0 Å². The van der Waals surface area contributed by atoms with Gasteiger partial charge in [0.05, 0.1) is 0 Å². The first-order valence-corrected chi connectivity index (χ1v) is 4.42. The van der Waals surface area contributed by atoms with Crippen LogP contribution in [0.3, 0.4) is 0 Å². The maximum absolute atomic E-state index is 7.78. The van der Waals surface area contributed by atoms with Crippen molar-refractivity contribution in [1.82, 2.24) is 4.90 Å². The van der Waals surface area contributed by atoms with Crippen LogP contribution < -0.4 is 0 Å². The van der Waals surface area contributed by atoms with E-state index >= 15 is 0 Å². The molecule has 0 aliphatic heterocycles. The fourth-order valence-corrected chi connectivity index (χ4v) is 1.36. The lowest BCUT2D eigenvalue weighted by atomic mass is 10.1. The first kappa shape index (κ1) is 10.1. The zero-order valence-electron chi connectivity index (χ0n) is 8.06. The smallest absolute Gasteiger partial charge is 0.127 e. The highest BCUT2D eigenvalue weighted by atomic mass is 35.5.